The highest BCUT2D eigenvalue weighted by atomic mass is 15.2. The van der Waals surface area contributed by atoms with Gasteiger partial charge in [0.2, 0.25) is 0 Å². The number of likely N-dealkylation sites (N-methyl/N-ethyl adjacent to an activating group) is 1. The SMILES string of the molecule is CCCC1CCCCN1C1CC(C)CCC1NCC. The summed E-state index contributed by atoms with van der Waals surface area (Å²) in [6.45, 7) is 9.53. The molecule has 2 heteroatoms. The van der Waals surface area contributed by atoms with Crippen LogP contribution in [0.5, 0.6) is 0 Å². The highest BCUT2D eigenvalue weighted by Crippen LogP contribution is 2.33. The lowest BCUT2D eigenvalue weighted by atomic mass is 9.80. The van der Waals surface area contributed by atoms with Gasteiger partial charge in [-0.15, -0.1) is 0 Å². The summed E-state index contributed by atoms with van der Waals surface area (Å²) in [5.41, 5.74) is 0. The predicted octanol–water partition coefficient (Wildman–Crippen LogP) is 3.81. The predicted molar refractivity (Wildman–Crippen MR) is 83.5 cm³/mol. The van der Waals surface area contributed by atoms with E-state index in [2.05, 4.69) is 31.0 Å². The van der Waals surface area contributed by atoms with Gasteiger partial charge in [0.25, 0.3) is 0 Å². The van der Waals surface area contributed by atoms with Crippen LogP contribution in [0.1, 0.15) is 72.1 Å². The molecular formula is C17H34N2. The molecule has 0 aromatic rings. The number of nitrogens with one attached hydrogen (secondary N) is 1. The van der Waals surface area contributed by atoms with Crippen molar-refractivity contribution in [2.75, 3.05) is 13.1 Å². The minimum absolute atomic E-state index is 0.749. The van der Waals surface area contributed by atoms with E-state index in [0.29, 0.717) is 0 Å². The van der Waals surface area contributed by atoms with Crippen LogP contribution in [0.2, 0.25) is 0 Å². The molecule has 0 radical (unpaired) electrons. The molecule has 1 aliphatic heterocycles. The Kier molecular flexibility index (Phi) is 6.15. The fraction of sp³-hybridized carbons (Fsp3) is 1.00. The fourth-order valence-corrected chi connectivity index (χ4v) is 4.32. The third-order valence-electron chi connectivity index (χ3n) is 5.27. The number of rotatable bonds is 5. The van der Waals surface area contributed by atoms with Gasteiger partial charge < -0.3 is 5.32 Å². The van der Waals surface area contributed by atoms with Crippen LogP contribution < -0.4 is 5.32 Å². The smallest absolute Gasteiger partial charge is 0.0254 e. The van der Waals surface area contributed by atoms with Crippen molar-refractivity contribution in [3.05, 3.63) is 0 Å². The van der Waals surface area contributed by atoms with E-state index in [1.54, 1.807) is 0 Å². The van der Waals surface area contributed by atoms with Crippen molar-refractivity contribution < 1.29 is 0 Å². The van der Waals surface area contributed by atoms with Crippen LogP contribution >= 0.6 is 0 Å². The van der Waals surface area contributed by atoms with E-state index in [4.69, 9.17) is 0 Å². The maximum atomic E-state index is 3.77. The van der Waals surface area contributed by atoms with Crippen LogP contribution in [0.15, 0.2) is 0 Å². The molecule has 112 valence electrons. The summed E-state index contributed by atoms with van der Waals surface area (Å²) >= 11 is 0. The Morgan fingerprint density at radius 3 is 2.68 bits per heavy atom. The largest absolute Gasteiger partial charge is 0.313 e. The highest BCUT2D eigenvalue weighted by Gasteiger charge is 2.36. The molecule has 1 N–H and O–H groups in total. The number of hydrogen-bond acceptors (Lipinski definition) is 2. The second kappa shape index (κ2) is 7.64. The lowest BCUT2D eigenvalue weighted by Gasteiger charge is -2.48. The first-order chi connectivity index (χ1) is 9.26. The maximum absolute atomic E-state index is 3.77. The van der Waals surface area contributed by atoms with Gasteiger partial charge in [-0.2, -0.15) is 0 Å². The standard InChI is InChI=1S/C17H34N2/c1-4-8-15-9-6-7-12-19(15)17-13-14(3)10-11-16(17)18-5-2/h14-18H,4-13H2,1-3H3. The average molecular weight is 266 g/mol. The molecule has 0 bridgehead atoms. The maximum Gasteiger partial charge on any atom is 0.0254 e. The van der Waals surface area contributed by atoms with Crippen LogP contribution in [-0.4, -0.2) is 36.1 Å². The van der Waals surface area contributed by atoms with Crippen molar-refractivity contribution in [2.24, 2.45) is 5.92 Å². The quantitative estimate of drug-likeness (QED) is 0.814. The Morgan fingerprint density at radius 1 is 1.11 bits per heavy atom. The second-order valence-corrected chi connectivity index (χ2v) is 6.83. The van der Waals surface area contributed by atoms with Crippen LogP contribution in [0.25, 0.3) is 0 Å². The summed E-state index contributed by atoms with van der Waals surface area (Å²) in [6.07, 6.45) is 11.3. The Labute approximate surface area is 120 Å². The zero-order valence-electron chi connectivity index (χ0n) is 13.3. The molecule has 4 atom stereocenters. The van der Waals surface area contributed by atoms with E-state index in [1.807, 2.05) is 0 Å². The highest BCUT2D eigenvalue weighted by molar-refractivity contribution is 4.93. The average Bonchev–Trinajstić information content (AvgIpc) is 2.42. The molecule has 2 aliphatic rings. The van der Waals surface area contributed by atoms with E-state index in [1.165, 1.54) is 57.9 Å². The van der Waals surface area contributed by atoms with E-state index in [9.17, 15) is 0 Å². The first-order valence-electron chi connectivity index (χ1n) is 8.75. The molecular weight excluding hydrogens is 232 g/mol. The third-order valence-corrected chi connectivity index (χ3v) is 5.27. The molecule has 2 fully saturated rings. The number of nitrogens with zero attached hydrogens (tertiary/aromatic N) is 1. The normalized spacial score (nSPS) is 37.4. The van der Waals surface area contributed by atoms with Crippen LogP contribution in [0.4, 0.5) is 0 Å². The van der Waals surface area contributed by atoms with Crippen LogP contribution in [-0.2, 0) is 0 Å². The van der Waals surface area contributed by atoms with Crippen LogP contribution in [0.3, 0.4) is 0 Å². The molecule has 0 aromatic heterocycles. The van der Waals surface area contributed by atoms with Gasteiger partial charge in [-0.3, -0.25) is 4.90 Å². The number of likely N-dealkylation sites (tertiary alicyclic amines) is 1. The molecule has 1 saturated heterocycles. The molecule has 19 heavy (non-hydrogen) atoms. The monoisotopic (exact) mass is 266 g/mol. The van der Waals surface area contributed by atoms with E-state index >= 15 is 0 Å². The summed E-state index contributed by atoms with van der Waals surface area (Å²) in [6, 6.07) is 2.43. The van der Waals surface area contributed by atoms with Crippen molar-refractivity contribution in [3.63, 3.8) is 0 Å². The second-order valence-electron chi connectivity index (χ2n) is 6.83. The fourth-order valence-electron chi connectivity index (χ4n) is 4.32. The molecule has 1 saturated carbocycles. The van der Waals surface area contributed by atoms with Crippen molar-refractivity contribution in [3.8, 4) is 0 Å². The van der Waals surface area contributed by atoms with E-state index in [0.717, 1.165) is 30.6 Å². The third kappa shape index (κ3) is 3.95. The van der Waals surface area contributed by atoms with E-state index < -0.39 is 0 Å². The molecule has 4 unspecified atom stereocenters. The first kappa shape index (κ1) is 15.3. The Hall–Kier alpha value is -0.0800. The minimum Gasteiger partial charge on any atom is -0.313 e. The number of hydrogen-bond donors (Lipinski definition) is 1. The van der Waals surface area contributed by atoms with Gasteiger partial charge in [-0.25, -0.2) is 0 Å². The lowest BCUT2D eigenvalue weighted by molar-refractivity contribution is 0.0361. The van der Waals surface area contributed by atoms with Gasteiger partial charge in [0.1, 0.15) is 0 Å². The minimum atomic E-state index is 0.749. The molecule has 1 heterocycles. The van der Waals surface area contributed by atoms with Gasteiger partial charge in [-0.05, 0) is 57.5 Å². The van der Waals surface area contributed by atoms with Gasteiger partial charge in [0.15, 0.2) is 0 Å². The molecule has 1 aliphatic carbocycles. The van der Waals surface area contributed by atoms with Crippen molar-refractivity contribution in [2.45, 2.75) is 90.3 Å². The van der Waals surface area contributed by atoms with Crippen LogP contribution in [0, 0.1) is 5.92 Å². The van der Waals surface area contributed by atoms with Gasteiger partial charge in [0.05, 0.1) is 0 Å². The zero-order chi connectivity index (χ0) is 13.7. The first-order valence-corrected chi connectivity index (χ1v) is 8.75. The topological polar surface area (TPSA) is 15.3 Å². The summed E-state index contributed by atoms with van der Waals surface area (Å²) in [4.78, 5) is 2.90. The van der Waals surface area contributed by atoms with Gasteiger partial charge >= 0.3 is 0 Å². The van der Waals surface area contributed by atoms with Gasteiger partial charge in [0, 0.05) is 18.1 Å². The zero-order valence-corrected chi connectivity index (χ0v) is 13.3. The molecule has 0 amide bonds. The number of piperidine rings is 1. The lowest BCUT2D eigenvalue weighted by Crippen LogP contribution is -2.57. The Bertz CT molecular complexity index is 252. The summed E-state index contributed by atoms with van der Waals surface area (Å²) in [7, 11) is 0. The Morgan fingerprint density at radius 2 is 1.95 bits per heavy atom. The van der Waals surface area contributed by atoms with Crippen molar-refractivity contribution in [1.29, 1.82) is 0 Å². The molecule has 0 aromatic carbocycles. The summed E-state index contributed by atoms with van der Waals surface area (Å²) < 4.78 is 0. The molecule has 2 rings (SSSR count). The summed E-state index contributed by atoms with van der Waals surface area (Å²) in [5, 5.41) is 3.77. The van der Waals surface area contributed by atoms with Crippen molar-refractivity contribution in [1.82, 2.24) is 10.2 Å². The molecule has 0 spiro atoms. The van der Waals surface area contributed by atoms with E-state index in [-0.39, 0.29) is 0 Å². The van der Waals surface area contributed by atoms with Gasteiger partial charge in [-0.1, -0.05) is 33.6 Å². The van der Waals surface area contributed by atoms with Crippen molar-refractivity contribution >= 4 is 0 Å². The summed E-state index contributed by atoms with van der Waals surface area (Å²) in [5.74, 6) is 0.920. The molecule has 2 nitrogen and oxygen atoms in total. The Balaban J connectivity index is 2.04.